The molecule has 5 rings (SSSR count). The highest BCUT2D eigenvalue weighted by Crippen LogP contribution is 2.41. The standard InChI is InChI=1S/C26H20Cl2N10O2/c1-15-22(25(35-39)37(33-15)18-9-5-3-6-10-18)30-29-17-13-20(27)24(21(28)14-17)32-31-23-16(2)34-38(26(23)36-40)19-11-7-4-8-12-19/h4-5,7-14H,3,6H2,1-2H3/b30-29+,32-31+. The average Bonchev–Trinajstić information content (AvgIpc) is 3.47. The van der Waals surface area contributed by atoms with Crippen LogP contribution in [0.3, 0.4) is 0 Å². The Hall–Kier alpha value is -4.68. The Morgan fingerprint density at radius 3 is 1.93 bits per heavy atom. The molecule has 0 N–H and O–H groups in total. The van der Waals surface area contributed by atoms with Gasteiger partial charge in [-0.3, -0.25) is 0 Å². The average molecular weight is 575 g/mol. The lowest BCUT2D eigenvalue weighted by Crippen LogP contribution is -1.98. The molecule has 0 spiro atoms. The second-order valence-corrected chi connectivity index (χ2v) is 9.44. The van der Waals surface area contributed by atoms with Crippen LogP contribution in [-0.4, -0.2) is 19.6 Å². The van der Waals surface area contributed by atoms with Gasteiger partial charge in [-0.15, -0.1) is 25.2 Å². The molecule has 1 aliphatic rings. The zero-order valence-corrected chi connectivity index (χ0v) is 22.7. The molecule has 0 radical (unpaired) electrons. The van der Waals surface area contributed by atoms with Crippen molar-refractivity contribution < 1.29 is 0 Å². The third-order valence-corrected chi connectivity index (χ3v) is 6.50. The molecule has 14 heteroatoms. The van der Waals surface area contributed by atoms with E-state index in [1.54, 1.807) is 26.0 Å². The fourth-order valence-electron chi connectivity index (χ4n) is 4.01. The van der Waals surface area contributed by atoms with E-state index in [-0.39, 0.29) is 38.7 Å². The van der Waals surface area contributed by atoms with Crippen molar-refractivity contribution in [1.29, 1.82) is 0 Å². The predicted molar refractivity (Wildman–Crippen MR) is 154 cm³/mol. The number of hydrogen-bond donors (Lipinski definition) is 0. The molecule has 0 fully saturated rings. The minimum atomic E-state index is -0.0138. The first-order chi connectivity index (χ1) is 19.4. The molecule has 1 aliphatic carbocycles. The molecule has 2 heterocycles. The summed E-state index contributed by atoms with van der Waals surface area (Å²) in [6.45, 7) is 3.39. The summed E-state index contributed by atoms with van der Waals surface area (Å²) in [6.07, 6.45) is 7.60. The Bertz CT molecular complexity index is 1710. The first-order valence-corrected chi connectivity index (χ1v) is 12.8. The smallest absolute Gasteiger partial charge is 0.210 e. The van der Waals surface area contributed by atoms with Crippen molar-refractivity contribution >= 4 is 63.3 Å². The maximum absolute atomic E-state index is 11.6. The highest BCUT2D eigenvalue weighted by Gasteiger charge is 2.20. The van der Waals surface area contributed by atoms with Gasteiger partial charge >= 0.3 is 0 Å². The number of aromatic nitrogens is 4. The molecule has 4 aromatic rings. The Balaban J connectivity index is 1.43. The van der Waals surface area contributed by atoms with Crippen LogP contribution in [-0.2, 0) is 0 Å². The number of hydrogen-bond acceptors (Lipinski definition) is 10. The molecule has 40 heavy (non-hydrogen) atoms. The molecule has 0 saturated heterocycles. The molecule has 200 valence electrons. The molecule has 0 unspecified atom stereocenters. The first kappa shape index (κ1) is 26.9. The fourth-order valence-corrected chi connectivity index (χ4v) is 4.56. The van der Waals surface area contributed by atoms with Gasteiger partial charge in [-0.1, -0.05) is 53.6 Å². The lowest BCUT2D eigenvalue weighted by atomic mass is 10.1. The minimum Gasteiger partial charge on any atom is -0.210 e. The summed E-state index contributed by atoms with van der Waals surface area (Å²) < 4.78 is 2.83. The summed E-state index contributed by atoms with van der Waals surface area (Å²) in [4.78, 5) is 23.3. The maximum atomic E-state index is 11.6. The monoisotopic (exact) mass is 574 g/mol. The van der Waals surface area contributed by atoms with Crippen LogP contribution in [0.5, 0.6) is 0 Å². The second kappa shape index (κ2) is 11.6. The van der Waals surface area contributed by atoms with E-state index in [2.05, 4.69) is 41.0 Å². The maximum Gasteiger partial charge on any atom is 0.228 e. The quantitative estimate of drug-likeness (QED) is 0.152. The van der Waals surface area contributed by atoms with Crippen molar-refractivity contribution in [3.05, 3.63) is 91.9 Å². The van der Waals surface area contributed by atoms with Crippen molar-refractivity contribution in [2.24, 2.45) is 30.8 Å². The first-order valence-electron chi connectivity index (χ1n) is 12.0. The number of para-hydroxylation sites is 1. The normalized spacial score (nSPS) is 13.3. The topological polar surface area (TPSA) is 144 Å². The highest BCUT2D eigenvalue weighted by molar-refractivity contribution is 6.39. The number of allylic oxidation sites excluding steroid dienone is 4. The molecule has 2 aromatic carbocycles. The van der Waals surface area contributed by atoms with Gasteiger partial charge < -0.3 is 0 Å². The van der Waals surface area contributed by atoms with Crippen molar-refractivity contribution in [3.63, 3.8) is 0 Å². The van der Waals surface area contributed by atoms with Gasteiger partial charge in [-0.2, -0.15) is 15.3 Å². The Kier molecular flexibility index (Phi) is 7.80. The Morgan fingerprint density at radius 2 is 1.32 bits per heavy atom. The summed E-state index contributed by atoms with van der Waals surface area (Å²) in [7, 11) is 0. The molecule has 0 bridgehead atoms. The van der Waals surface area contributed by atoms with E-state index >= 15 is 0 Å². The summed E-state index contributed by atoms with van der Waals surface area (Å²) in [5, 5.41) is 32.0. The van der Waals surface area contributed by atoms with Gasteiger partial charge in [-0.25, -0.2) is 9.36 Å². The molecule has 0 saturated carbocycles. The van der Waals surface area contributed by atoms with Crippen molar-refractivity contribution in [1.82, 2.24) is 19.6 Å². The van der Waals surface area contributed by atoms with Gasteiger partial charge in [0.1, 0.15) is 5.69 Å². The largest absolute Gasteiger partial charge is 0.228 e. The molecule has 0 atom stereocenters. The van der Waals surface area contributed by atoms with Crippen LogP contribution in [0.2, 0.25) is 10.0 Å². The predicted octanol–water partition coefficient (Wildman–Crippen LogP) is 9.81. The SMILES string of the molecule is Cc1nn(C2=CCCC=C2)c(N=O)c1/N=N/c1cc(Cl)c(/N=N/c2c(C)nn(-c3ccccc3)c2N=O)c(Cl)c1. The van der Waals surface area contributed by atoms with E-state index in [9.17, 15) is 9.81 Å². The van der Waals surface area contributed by atoms with E-state index in [4.69, 9.17) is 23.2 Å². The van der Waals surface area contributed by atoms with Crippen LogP contribution < -0.4 is 0 Å². The third kappa shape index (κ3) is 5.26. The summed E-state index contributed by atoms with van der Waals surface area (Å²) >= 11 is 12.9. The molecular weight excluding hydrogens is 555 g/mol. The number of aryl methyl sites for hydroxylation is 2. The summed E-state index contributed by atoms with van der Waals surface area (Å²) in [5.74, 6) is 0.0211. The molecule has 0 amide bonds. The van der Waals surface area contributed by atoms with Crippen molar-refractivity contribution in [2.75, 3.05) is 0 Å². The van der Waals surface area contributed by atoms with Crippen LogP contribution in [0.25, 0.3) is 11.4 Å². The minimum absolute atomic E-state index is 0.0138. The van der Waals surface area contributed by atoms with E-state index in [0.29, 0.717) is 22.8 Å². The van der Waals surface area contributed by atoms with Gasteiger partial charge in [0.25, 0.3) is 0 Å². The second-order valence-electron chi connectivity index (χ2n) is 8.62. The fraction of sp³-hybridized carbons (Fsp3) is 0.154. The highest BCUT2D eigenvalue weighted by atomic mass is 35.5. The number of halogens is 2. The van der Waals surface area contributed by atoms with Crippen LogP contribution in [0.15, 0.2) is 91.5 Å². The lowest BCUT2D eigenvalue weighted by Gasteiger charge is -2.07. The third-order valence-electron chi connectivity index (χ3n) is 5.92. The number of benzene rings is 2. The van der Waals surface area contributed by atoms with Crippen LogP contribution in [0.4, 0.5) is 34.4 Å². The number of nitroso groups, excluding NO2 is 2. The molecule has 2 aromatic heterocycles. The summed E-state index contributed by atoms with van der Waals surface area (Å²) in [6, 6.07) is 12.0. The van der Waals surface area contributed by atoms with E-state index in [1.807, 2.05) is 36.4 Å². The lowest BCUT2D eigenvalue weighted by molar-refractivity contribution is 0.862. The van der Waals surface area contributed by atoms with Gasteiger partial charge in [-0.05, 0) is 67.4 Å². The van der Waals surface area contributed by atoms with Gasteiger partial charge in [0, 0.05) is 0 Å². The Labute approximate surface area is 237 Å². The summed E-state index contributed by atoms with van der Waals surface area (Å²) in [5.41, 5.74) is 3.17. The molecule has 0 aliphatic heterocycles. The number of azo groups is 2. The van der Waals surface area contributed by atoms with Gasteiger partial charge in [0.2, 0.25) is 11.6 Å². The zero-order valence-electron chi connectivity index (χ0n) is 21.2. The van der Waals surface area contributed by atoms with Crippen LogP contribution in [0, 0.1) is 23.7 Å². The van der Waals surface area contributed by atoms with E-state index < -0.39 is 0 Å². The molecule has 12 nitrogen and oxygen atoms in total. The Morgan fingerprint density at radius 1 is 0.750 bits per heavy atom. The number of nitrogens with zero attached hydrogens (tertiary/aromatic N) is 10. The number of rotatable bonds is 8. The zero-order chi connectivity index (χ0) is 28.2. The van der Waals surface area contributed by atoms with Crippen LogP contribution >= 0.6 is 23.2 Å². The van der Waals surface area contributed by atoms with Crippen molar-refractivity contribution in [2.45, 2.75) is 26.7 Å². The van der Waals surface area contributed by atoms with Crippen molar-refractivity contribution in [3.8, 4) is 5.69 Å². The van der Waals surface area contributed by atoms with E-state index in [1.165, 1.54) is 21.5 Å². The molecular formula is C26H20Cl2N10O2. The van der Waals surface area contributed by atoms with Gasteiger partial charge in [0.15, 0.2) is 11.4 Å². The van der Waals surface area contributed by atoms with Gasteiger partial charge in [0.05, 0.1) is 38.5 Å². The van der Waals surface area contributed by atoms with E-state index in [0.717, 1.165) is 18.5 Å². The van der Waals surface area contributed by atoms with Crippen LogP contribution in [0.1, 0.15) is 24.2 Å².